The van der Waals surface area contributed by atoms with Crippen molar-refractivity contribution in [3.63, 3.8) is 0 Å². The highest BCUT2D eigenvalue weighted by molar-refractivity contribution is 6.01. The van der Waals surface area contributed by atoms with Crippen LogP contribution in [0.2, 0.25) is 0 Å². The van der Waals surface area contributed by atoms with E-state index in [-0.39, 0.29) is 18.9 Å². The first-order valence-electron chi connectivity index (χ1n) is 17.6. The van der Waals surface area contributed by atoms with Gasteiger partial charge in [0.2, 0.25) is 5.90 Å². The number of ether oxygens (including phenoxy) is 4. The minimum absolute atomic E-state index is 0.0352. The van der Waals surface area contributed by atoms with Crippen molar-refractivity contribution < 1.29 is 28.8 Å². The highest BCUT2D eigenvalue weighted by atomic mass is 16.5. The molecule has 2 atom stereocenters. The number of aliphatic hydroxyl groups excluding tert-OH is 1. The van der Waals surface area contributed by atoms with Crippen molar-refractivity contribution in [2.45, 2.75) is 30.9 Å². The van der Waals surface area contributed by atoms with Crippen LogP contribution in [0.15, 0.2) is 131 Å². The Morgan fingerprint density at radius 1 is 0.870 bits per heavy atom. The molecule has 0 saturated heterocycles. The molecule has 1 amide bonds. The molecule has 0 unspecified atom stereocenters. The van der Waals surface area contributed by atoms with Gasteiger partial charge in [-0.2, -0.15) is 0 Å². The van der Waals surface area contributed by atoms with Gasteiger partial charge in [0.25, 0.3) is 5.91 Å². The van der Waals surface area contributed by atoms with Crippen LogP contribution in [0.5, 0.6) is 17.2 Å². The Morgan fingerprint density at radius 2 is 1.57 bits per heavy atom. The molecule has 0 spiro atoms. The zero-order chi connectivity index (χ0) is 37.8. The molecule has 0 saturated carbocycles. The third kappa shape index (κ3) is 8.65. The molecule has 12 heteroatoms. The Morgan fingerprint density at radius 3 is 2.30 bits per heavy atom. The summed E-state index contributed by atoms with van der Waals surface area (Å²) in [5.41, 5.74) is 19.2. The fourth-order valence-corrected chi connectivity index (χ4v) is 6.39. The smallest absolute Gasteiger partial charge is 0.266 e. The Bertz CT molecular complexity index is 2100. The fourth-order valence-electron chi connectivity index (χ4n) is 6.39. The summed E-state index contributed by atoms with van der Waals surface area (Å²) >= 11 is 0. The topological polar surface area (TPSA) is 159 Å². The zero-order valence-corrected chi connectivity index (χ0v) is 30.1. The molecule has 54 heavy (non-hydrogen) atoms. The molecule has 3 N–H and O–H groups in total. The summed E-state index contributed by atoms with van der Waals surface area (Å²) in [6.45, 7) is 0.777. The van der Waals surface area contributed by atoms with Gasteiger partial charge in [0, 0.05) is 42.2 Å². The number of methoxy groups -OCH3 is 2. The number of hydrogen-bond donors (Lipinski definition) is 3. The maximum absolute atomic E-state index is 14.8. The highest BCUT2D eigenvalue weighted by Crippen LogP contribution is 2.44. The second-order valence-corrected chi connectivity index (χ2v) is 12.6. The SMILES string of the molecule is COc1ccc(OC)c(CCNNC(=O)[C@@]2(Cc3ccccc3N=[N+]=[N-])N=C(c3ccc(OCCCO)cc3)O[C@H]2c2ccc(-c3ccccc3)cc2)c1. The summed E-state index contributed by atoms with van der Waals surface area (Å²) < 4.78 is 23.4. The number of rotatable bonds is 17. The van der Waals surface area contributed by atoms with Crippen LogP contribution >= 0.6 is 0 Å². The van der Waals surface area contributed by atoms with Crippen molar-refractivity contribution in [3.05, 3.63) is 154 Å². The number of nitrogens with zero attached hydrogens (tertiary/aromatic N) is 4. The normalized spacial score (nSPS) is 16.1. The number of nitrogens with one attached hydrogen (secondary N) is 2. The Kier molecular flexibility index (Phi) is 12.4. The van der Waals surface area contributed by atoms with Gasteiger partial charge in [-0.25, -0.2) is 10.4 Å². The van der Waals surface area contributed by atoms with Crippen LogP contribution in [0, 0.1) is 0 Å². The fraction of sp³-hybridized carbons (Fsp3) is 0.238. The number of aliphatic hydroxyl groups is 1. The van der Waals surface area contributed by atoms with Gasteiger partial charge in [0.05, 0.1) is 20.8 Å². The Hall–Kier alpha value is -6.33. The molecular weight excluding hydrogens is 684 g/mol. The number of hydrazine groups is 1. The summed E-state index contributed by atoms with van der Waals surface area (Å²) in [6, 6.07) is 37.9. The summed E-state index contributed by atoms with van der Waals surface area (Å²) in [4.78, 5) is 22.9. The van der Waals surface area contributed by atoms with Crippen molar-refractivity contribution in [1.29, 1.82) is 0 Å². The number of benzene rings is 5. The molecule has 0 aliphatic carbocycles. The molecule has 12 nitrogen and oxygen atoms in total. The van der Waals surface area contributed by atoms with Crippen LogP contribution in [-0.2, 0) is 22.4 Å². The van der Waals surface area contributed by atoms with E-state index >= 15 is 0 Å². The van der Waals surface area contributed by atoms with Gasteiger partial charge < -0.3 is 24.1 Å². The molecule has 0 radical (unpaired) electrons. The molecule has 6 rings (SSSR count). The third-order valence-electron chi connectivity index (χ3n) is 9.16. The standard InChI is InChI=1S/C42H42N6O6/c1-51-36-21-22-38(52-2)33(27-36)23-24-44-47-41(50)42(28-34-11-6-7-12-37(34)46-48-43)39(31-15-13-30(14-16-31)29-9-4-3-5-10-29)54-40(45-42)32-17-19-35(20-18-32)53-26-8-25-49/h3-7,9-22,27,39,44,49H,8,23-26,28H2,1-2H3,(H,47,50)/t39-,42-/m0/s1. The van der Waals surface area contributed by atoms with E-state index in [2.05, 4.69) is 20.9 Å². The minimum Gasteiger partial charge on any atom is -0.497 e. The van der Waals surface area contributed by atoms with E-state index in [0.29, 0.717) is 60.1 Å². The van der Waals surface area contributed by atoms with Gasteiger partial charge in [0.1, 0.15) is 17.2 Å². The third-order valence-corrected chi connectivity index (χ3v) is 9.16. The van der Waals surface area contributed by atoms with Gasteiger partial charge in [-0.3, -0.25) is 10.2 Å². The molecule has 0 fully saturated rings. The first kappa shape index (κ1) is 37.4. The lowest BCUT2D eigenvalue weighted by Gasteiger charge is -2.31. The second kappa shape index (κ2) is 17.9. The predicted molar refractivity (Wildman–Crippen MR) is 207 cm³/mol. The van der Waals surface area contributed by atoms with E-state index in [1.165, 1.54) is 0 Å². The lowest BCUT2D eigenvalue weighted by atomic mass is 9.81. The number of aliphatic imine (C=N–C) groups is 1. The maximum Gasteiger partial charge on any atom is 0.266 e. The lowest BCUT2D eigenvalue weighted by Crippen LogP contribution is -2.54. The number of hydrogen-bond acceptors (Lipinski definition) is 9. The van der Waals surface area contributed by atoms with Crippen LogP contribution in [0.4, 0.5) is 5.69 Å². The summed E-state index contributed by atoms with van der Waals surface area (Å²) in [7, 11) is 3.22. The van der Waals surface area contributed by atoms with Crippen LogP contribution in [-0.4, -0.2) is 56.4 Å². The van der Waals surface area contributed by atoms with Gasteiger partial charge in [-0.1, -0.05) is 84.0 Å². The number of carbonyl (C=O) groups excluding carboxylic acids is 1. The molecule has 0 aromatic heterocycles. The minimum atomic E-state index is -1.55. The first-order chi connectivity index (χ1) is 26.5. The lowest BCUT2D eigenvalue weighted by molar-refractivity contribution is -0.130. The average Bonchev–Trinajstić information content (AvgIpc) is 3.61. The number of amides is 1. The number of carbonyl (C=O) groups is 1. The predicted octanol–water partition coefficient (Wildman–Crippen LogP) is 7.44. The van der Waals surface area contributed by atoms with Crippen LogP contribution in [0.25, 0.3) is 21.6 Å². The monoisotopic (exact) mass is 726 g/mol. The first-order valence-corrected chi connectivity index (χ1v) is 17.6. The molecular formula is C42H42N6O6. The van der Waals surface area contributed by atoms with E-state index in [1.807, 2.05) is 97.1 Å². The molecule has 5 aromatic carbocycles. The summed E-state index contributed by atoms with van der Waals surface area (Å²) in [5.74, 6) is 1.86. The number of azide groups is 1. The molecule has 1 heterocycles. The van der Waals surface area contributed by atoms with E-state index in [1.54, 1.807) is 38.5 Å². The molecule has 276 valence electrons. The van der Waals surface area contributed by atoms with Crippen molar-refractivity contribution in [1.82, 2.24) is 10.9 Å². The molecule has 5 aromatic rings. The summed E-state index contributed by atoms with van der Waals surface area (Å²) in [5, 5.41) is 13.1. The van der Waals surface area contributed by atoms with E-state index < -0.39 is 17.6 Å². The van der Waals surface area contributed by atoms with Crippen LogP contribution < -0.4 is 25.1 Å². The van der Waals surface area contributed by atoms with Crippen LogP contribution in [0.3, 0.4) is 0 Å². The van der Waals surface area contributed by atoms with Gasteiger partial charge in [-0.15, -0.1) is 0 Å². The second-order valence-electron chi connectivity index (χ2n) is 12.6. The summed E-state index contributed by atoms with van der Waals surface area (Å²) in [6.07, 6.45) is 0.210. The van der Waals surface area contributed by atoms with Gasteiger partial charge in [-0.05, 0) is 82.2 Å². The van der Waals surface area contributed by atoms with Crippen molar-refractivity contribution in [2.24, 2.45) is 10.1 Å². The van der Waals surface area contributed by atoms with Gasteiger partial charge in [0.15, 0.2) is 11.6 Å². The van der Waals surface area contributed by atoms with Crippen molar-refractivity contribution in [2.75, 3.05) is 34.0 Å². The Labute approximate surface area is 314 Å². The van der Waals surface area contributed by atoms with E-state index in [4.69, 9.17) is 29.0 Å². The van der Waals surface area contributed by atoms with Crippen molar-refractivity contribution in [3.8, 4) is 28.4 Å². The quantitative estimate of drug-likeness (QED) is 0.0295. The van der Waals surface area contributed by atoms with Crippen LogP contribution in [0.1, 0.15) is 34.8 Å². The van der Waals surface area contributed by atoms with E-state index in [0.717, 1.165) is 22.3 Å². The largest absolute Gasteiger partial charge is 0.497 e. The maximum atomic E-state index is 14.8. The van der Waals surface area contributed by atoms with Gasteiger partial charge >= 0.3 is 0 Å². The Balaban J connectivity index is 1.38. The van der Waals surface area contributed by atoms with Crippen molar-refractivity contribution >= 4 is 17.5 Å². The zero-order valence-electron chi connectivity index (χ0n) is 30.1. The molecule has 1 aliphatic rings. The molecule has 0 bridgehead atoms. The average molecular weight is 727 g/mol. The highest BCUT2D eigenvalue weighted by Gasteiger charge is 2.53. The molecule has 1 aliphatic heterocycles. The van der Waals surface area contributed by atoms with E-state index in [9.17, 15) is 10.3 Å².